The lowest BCUT2D eigenvalue weighted by atomic mass is 9.91. The second-order valence-electron chi connectivity index (χ2n) is 12.4. The Morgan fingerprint density at radius 3 is 2.24 bits per heavy atom. The number of anilines is 3. The third kappa shape index (κ3) is 7.12. The van der Waals surface area contributed by atoms with Gasteiger partial charge in [0.25, 0.3) is 17.4 Å². The van der Waals surface area contributed by atoms with Gasteiger partial charge in [-0.3, -0.25) is 19.4 Å². The molecule has 4 aromatic rings. The number of aryl methyl sites for hydroxylation is 1. The average Bonchev–Trinajstić information content (AvgIpc) is 3.04. The zero-order valence-electron chi connectivity index (χ0n) is 26.8. The number of benzene rings is 2. The highest BCUT2D eigenvalue weighted by molar-refractivity contribution is 6.05. The number of likely N-dealkylation sites (N-methyl/N-ethyl adjacent to an activating group) is 1. The molecule has 45 heavy (non-hydrogen) atoms. The monoisotopic (exact) mass is 607 g/mol. The lowest BCUT2D eigenvalue weighted by Gasteiger charge is -2.34. The quantitative estimate of drug-likeness (QED) is 0.296. The molecule has 1 aliphatic heterocycles. The summed E-state index contributed by atoms with van der Waals surface area (Å²) in [4.78, 5) is 52.5. The van der Waals surface area contributed by atoms with E-state index in [4.69, 9.17) is 0 Å². The molecule has 1 aliphatic rings. The summed E-state index contributed by atoms with van der Waals surface area (Å²) in [5.74, 6) is -0.0956. The molecule has 1 saturated heterocycles. The minimum Gasteiger partial charge on any atom is -0.336 e. The van der Waals surface area contributed by atoms with Gasteiger partial charge >= 0.3 is 0 Å². The van der Waals surface area contributed by atoms with Gasteiger partial charge in [0.1, 0.15) is 0 Å². The summed E-state index contributed by atoms with van der Waals surface area (Å²) >= 11 is 0. The predicted molar refractivity (Wildman–Crippen MR) is 178 cm³/mol. The molecule has 2 amide bonds. The third-order valence-electron chi connectivity index (χ3n) is 8.22. The molecule has 2 aromatic heterocycles. The summed E-state index contributed by atoms with van der Waals surface area (Å²) in [7, 11) is 1.67. The van der Waals surface area contributed by atoms with Crippen molar-refractivity contribution in [1.29, 1.82) is 0 Å². The summed E-state index contributed by atoms with van der Waals surface area (Å²) in [5.41, 5.74) is 5.02. The minimum absolute atomic E-state index is 0.00831. The van der Waals surface area contributed by atoms with Crippen molar-refractivity contribution in [2.45, 2.75) is 40.0 Å². The number of nitrogens with one attached hydrogen (secondary N) is 2. The standard InChI is InChI=1S/C35H41N7O3/c1-7-41-17-19-42(20-18-41)33(44)24-11-14-26(15-12-24)37-31-34(45)40(6)22-29(38-31)27-9-8-10-28(23(27)2)39-32(43)25-13-16-30(36-21-25)35(3,4)5/h8-16,21-22H,7,17-20H2,1-6H3,(H,37,38)(H,39,43). The van der Waals surface area contributed by atoms with E-state index in [0.29, 0.717) is 41.3 Å². The maximum atomic E-state index is 13.1. The molecule has 2 N–H and O–H groups in total. The Morgan fingerprint density at radius 2 is 1.62 bits per heavy atom. The number of pyridine rings is 1. The van der Waals surface area contributed by atoms with Crippen molar-refractivity contribution in [2.24, 2.45) is 7.05 Å². The largest absolute Gasteiger partial charge is 0.336 e. The first kappa shape index (κ1) is 31.6. The molecule has 0 radical (unpaired) electrons. The van der Waals surface area contributed by atoms with E-state index in [1.54, 1.807) is 49.8 Å². The van der Waals surface area contributed by atoms with Crippen LogP contribution in [0.25, 0.3) is 11.3 Å². The molecule has 0 spiro atoms. The first-order valence-electron chi connectivity index (χ1n) is 15.3. The normalized spacial score (nSPS) is 13.9. The third-order valence-corrected chi connectivity index (χ3v) is 8.22. The van der Waals surface area contributed by atoms with Gasteiger partial charge in [0.15, 0.2) is 5.82 Å². The number of aromatic nitrogens is 3. The maximum Gasteiger partial charge on any atom is 0.293 e. The van der Waals surface area contributed by atoms with E-state index in [-0.39, 0.29) is 28.6 Å². The number of amides is 2. The van der Waals surface area contributed by atoms with E-state index in [1.165, 1.54) is 4.57 Å². The van der Waals surface area contributed by atoms with Crippen molar-refractivity contribution in [3.63, 3.8) is 0 Å². The van der Waals surface area contributed by atoms with Crippen LogP contribution < -0.4 is 16.2 Å². The molecule has 0 saturated carbocycles. The molecule has 0 atom stereocenters. The highest BCUT2D eigenvalue weighted by atomic mass is 16.2. The Hall–Kier alpha value is -4.83. The first-order valence-corrected chi connectivity index (χ1v) is 15.3. The number of hydrogen-bond donors (Lipinski definition) is 2. The van der Waals surface area contributed by atoms with Crippen LogP contribution in [0.15, 0.2) is 71.8 Å². The van der Waals surface area contributed by atoms with Crippen molar-refractivity contribution in [1.82, 2.24) is 24.3 Å². The Labute approximate surface area is 264 Å². The molecule has 1 fully saturated rings. The fourth-order valence-corrected chi connectivity index (χ4v) is 5.31. The van der Waals surface area contributed by atoms with Crippen LogP contribution in [0.3, 0.4) is 0 Å². The predicted octanol–water partition coefficient (Wildman–Crippen LogP) is 5.22. The van der Waals surface area contributed by atoms with Gasteiger partial charge in [-0.05, 0) is 61.5 Å². The van der Waals surface area contributed by atoms with E-state index < -0.39 is 0 Å². The molecule has 3 heterocycles. The Balaban J connectivity index is 1.33. The molecular weight excluding hydrogens is 566 g/mol. The van der Waals surface area contributed by atoms with E-state index in [1.807, 2.05) is 36.1 Å². The fraction of sp³-hybridized carbons (Fsp3) is 0.343. The van der Waals surface area contributed by atoms with E-state index in [9.17, 15) is 14.4 Å². The highest BCUT2D eigenvalue weighted by Crippen LogP contribution is 2.28. The minimum atomic E-state index is -0.291. The Kier molecular flexibility index (Phi) is 9.15. The number of carbonyl (C=O) groups excluding carboxylic acids is 2. The molecule has 0 aliphatic carbocycles. The molecule has 0 bridgehead atoms. The van der Waals surface area contributed by atoms with Crippen molar-refractivity contribution in [3.8, 4) is 11.3 Å². The molecule has 234 valence electrons. The van der Waals surface area contributed by atoms with Crippen molar-refractivity contribution < 1.29 is 9.59 Å². The molecular formula is C35H41N7O3. The van der Waals surface area contributed by atoms with Gasteiger partial charge in [0.2, 0.25) is 0 Å². The SMILES string of the molecule is CCN1CCN(C(=O)c2ccc(Nc3nc(-c4cccc(NC(=O)c5ccc(C(C)(C)C)nc5)c4C)cn(C)c3=O)cc2)CC1. The second-order valence-corrected chi connectivity index (χ2v) is 12.4. The van der Waals surface area contributed by atoms with Gasteiger partial charge < -0.3 is 25.0 Å². The van der Waals surface area contributed by atoms with Crippen LogP contribution in [0.2, 0.25) is 0 Å². The Morgan fingerprint density at radius 1 is 0.933 bits per heavy atom. The number of rotatable bonds is 7. The number of nitrogens with zero attached hydrogens (tertiary/aromatic N) is 5. The topological polar surface area (TPSA) is 112 Å². The number of hydrogen-bond acceptors (Lipinski definition) is 7. The van der Waals surface area contributed by atoms with E-state index >= 15 is 0 Å². The van der Waals surface area contributed by atoms with Crippen LogP contribution in [0.1, 0.15) is 59.7 Å². The summed E-state index contributed by atoms with van der Waals surface area (Å²) in [6.45, 7) is 14.4. The van der Waals surface area contributed by atoms with Gasteiger partial charge in [-0.2, -0.15) is 0 Å². The van der Waals surface area contributed by atoms with E-state index in [0.717, 1.165) is 36.5 Å². The number of piperazine rings is 1. The maximum absolute atomic E-state index is 13.1. The lowest BCUT2D eigenvalue weighted by molar-refractivity contribution is 0.0643. The molecule has 10 heteroatoms. The first-order chi connectivity index (χ1) is 21.4. The van der Waals surface area contributed by atoms with Crippen molar-refractivity contribution >= 4 is 29.0 Å². The van der Waals surface area contributed by atoms with Gasteiger partial charge in [0.05, 0.1) is 11.3 Å². The van der Waals surface area contributed by atoms with Crippen LogP contribution in [0.5, 0.6) is 0 Å². The summed E-state index contributed by atoms with van der Waals surface area (Å²) < 4.78 is 1.48. The van der Waals surface area contributed by atoms with Crippen LogP contribution in [-0.2, 0) is 12.5 Å². The van der Waals surface area contributed by atoms with Crippen LogP contribution in [0, 0.1) is 6.92 Å². The van der Waals surface area contributed by atoms with Crippen molar-refractivity contribution in [2.75, 3.05) is 43.4 Å². The number of carbonyl (C=O) groups is 2. The zero-order chi connectivity index (χ0) is 32.3. The second kappa shape index (κ2) is 13.0. The van der Waals surface area contributed by atoms with Crippen LogP contribution >= 0.6 is 0 Å². The summed E-state index contributed by atoms with van der Waals surface area (Å²) in [5, 5.41) is 6.13. The summed E-state index contributed by atoms with van der Waals surface area (Å²) in [6.07, 6.45) is 3.27. The van der Waals surface area contributed by atoms with Gasteiger partial charge in [-0.15, -0.1) is 0 Å². The van der Waals surface area contributed by atoms with Gasteiger partial charge in [-0.25, -0.2) is 4.98 Å². The molecule has 0 unspecified atom stereocenters. The zero-order valence-corrected chi connectivity index (χ0v) is 26.8. The Bertz CT molecular complexity index is 1750. The van der Waals surface area contributed by atoms with Gasteiger partial charge in [-0.1, -0.05) is 39.8 Å². The van der Waals surface area contributed by atoms with Gasteiger partial charge in [0, 0.05) is 79.2 Å². The van der Waals surface area contributed by atoms with Crippen LogP contribution in [-0.4, -0.2) is 68.9 Å². The lowest BCUT2D eigenvalue weighted by Crippen LogP contribution is -2.48. The fourth-order valence-electron chi connectivity index (χ4n) is 5.31. The van der Waals surface area contributed by atoms with Crippen molar-refractivity contribution in [3.05, 3.63) is 99.7 Å². The average molecular weight is 608 g/mol. The summed E-state index contributed by atoms with van der Waals surface area (Å²) in [6, 6.07) is 16.4. The van der Waals surface area contributed by atoms with E-state index in [2.05, 4.69) is 53.2 Å². The molecule has 5 rings (SSSR count). The molecule has 10 nitrogen and oxygen atoms in total. The molecule has 2 aromatic carbocycles. The van der Waals surface area contributed by atoms with Crippen LogP contribution in [0.4, 0.5) is 17.2 Å². The smallest absolute Gasteiger partial charge is 0.293 e. The highest BCUT2D eigenvalue weighted by Gasteiger charge is 2.22.